The van der Waals surface area contributed by atoms with Gasteiger partial charge in [0.1, 0.15) is 11.2 Å². The molecule has 0 unspecified atom stereocenters. The Morgan fingerprint density at radius 3 is 1.81 bits per heavy atom. The van der Waals surface area contributed by atoms with Gasteiger partial charge in [0, 0.05) is 63.9 Å². The van der Waals surface area contributed by atoms with Gasteiger partial charge in [0.05, 0.1) is 16.6 Å². The van der Waals surface area contributed by atoms with Crippen molar-refractivity contribution < 1.29 is 4.42 Å². The molecule has 0 bridgehead atoms. The summed E-state index contributed by atoms with van der Waals surface area (Å²) in [5.74, 6) is 1.80. The van der Waals surface area contributed by atoms with Crippen LogP contribution in [0.15, 0.2) is 211 Å². The molecular weight excluding hydrogens is 837 g/mol. The van der Waals surface area contributed by atoms with E-state index in [1.807, 2.05) is 0 Å². The minimum atomic E-state index is 0.560. The van der Waals surface area contributed by atoms with Crippen LogP contribution in [-0.2, 0) is 0 Å². The third-order valence-corrected chi connectivity index (χ3v) is 15.0. The highest BCUT2D eigenvalue weighted by atomic mass is 32.1. The van der Waals surface area contributed by atoms with E-state index in [1.165, 1.54) is 58.8 Å². The van der Waals surface area contributed by atoms with Crippen molar-refractivity contribution in [2.75, 3.05) is 0 Å². The topological polar surface area (TPSA) is 56.7 Å². The van der Waals surface area contributed by atoms with Gasteiger partial charge in [-0.25, -0.2) is 15.0 Å². The van der Waals surface area contributed by atoms with E-state index in [2.05, 4.69) is 211 Å². The number of hydrogen-bond acceptors (Lipinski definition) is 5. The third-order valence-electron chi connectivity index (χ3n) is 13.8. The number of nitrogens with zero attached hydrogens (tertiary/aromatic N) is 4. The Morgan fingerprint density at radius 2 is 0.955 bits per heavy atom. The molecule has 0 aliphatic carbocycles. The van der Waals surface area contributed by atoms with Crippen LogP contribution in [0.5, 0.6) is 0 Å². The van der Waals surface area contributed by atoms with Gasteiger partial charge in [-0.2, -0.15) is 0 Å². The van der Waals surface area contributed by atoms with Gasteiger partial charge >= 0.3 is 0 Å². The van der Waals surface area contributed by atoms with Crippen LogP contribution in [0.3, 0.4) is 0 Å². The monoisotopic (exact) mass is 870 g/mol. The van der Waals surface area contributed by atoms with Crippen molar-refractivity contribution in [3.05, 3.63) is 206 Å². The molecule has 0 radical (unpaired) electrons. The molecule has 0 aliphatic heterocycles. The molecule has 0 saturated heterocycles. The average Bonchev–Trinajstić information content (AvgIpc) is 4.07. The quantitative estimate of drug-likeness (QED) is 0.177. The van der Waals surface area contributed by atoms with Gasteiger partial charge < -0.3 is 8.98 Å². The van der Waals surface area contributed by atoms with Crippen molar-refractivity contribution in [1.29, 1.82) is 0 Å². The fourth-order valence-electron chi connectivity index (χ4n) is 10.7. The molecule has 310 valence electrons. The van der Waals surface area contributed by atoms with Crippen LogP contribution in [0.4, 0.5) is 0 Å². The highest BCUT2D eigenvalue weighted by Crippen LogP contribution is 2.44. The molecule has 4 heterocycles. The van der Waals surface area contributed by atoms with E-state index in [1.54, 1.807) is 11.3 Å². The van der Waals surface area contributed by atoms with Gasteiger partial charge in [-0.15, -0.1) is 11.3 Å². The van der Waals surface area contributed by atoms with Crippen molar-refractivity contribution in [2.45, 2.75) is 0 Å². The number of aromatic nitrogens is 4. The highest BCUT2D eigenvalue weighted by Gasteiger charge is 2.22. The predicted molar refractivity (Wildman–Crippen MR) is 281 cm³/mol. The molecular formula is C61H34N4OS. The molecule has 0 spiro atoms. The fourth-order valence-corrected chi connectivity index (χ4v) is 11.9. The summed E-state index contributed by atoms with van der Waals surface area (Å²) in [6, 6.07) is 73.9. The van der Waals surface area contributed by atoms with Crippen molar-refractivity contribution >= 4 is 118 Å². The third kappa shape index (κ3) is 5.39. The van der Waals surface area contributed by atoms with E-state index in [-0.39, 0.29) is 0 Å². The van der Waals surface area contributed by atoms with Crippen molar-refractivity contribution in [2.24, 2.45) is 0 Å². The first-order valence-electron chi connectivity index (χ1n) is 22.6. The summed E-state index contributed by atoms with van der Waals surface area (Å²) < 4.78 is 11.8. The van der Waals surface area contributed by atoms with E-state index in [0.29, 0.717) is 17.5 Å². The van der Waals surface area contributed by atoms with Crippen LogP contribution in [-0.4, -0.2) is 19.5 Å². The van der Waals surface area contributed by atoms with Crippen molar-refractivity contribution in [1.82, 2.24) is 19.5 Å². The first kappa shape index (κ1) is 36.6. The first-order chi connectivity index (χ1) is 33.2. The summed E-state index contributed by atoms with van der Waals surface area (Å²) in [6.45, 7) is 0. The summed E-state index contributed by atoms with van der Waals surface area (Å²) in [6.07, 6.45) is 0. The second kappa shape index (κ2) is 13.9. The number of thiophene rings is 1. The highest BCUT2D eigenvalue weighted by molar-refractivity contribution is 7.26. The molecule has 6 heteroatoms. The number of rotatable bonds is 4. The van der Waals surface area contributed by atoms with Crippen LogP contribution >= 0.6 is 11.3 Å². The minimum absolute atomic E-state index is 0.560. The van der Waals surface area contributed by atoms with E-state index in [4.69, 9.17) is 19.4 Å². The van der Waals surface area contributed by atoms with Crippen LogP contribution in [0.1, 0.15) is 0 Å². The van der Waals surface area contributed by atoms with Gasteiger partial charge in [0.25, 0.3) is 0 Å². The zero-order valence-electron chi connectivity index (χ0n) is 35.7. The Balaban J connectivity index is 0.981. The van der Waals surface area contributed by atoms with Crippen molar-refractivity contribution in [3.8, 4) is 39.9 Å². The van der Waals surface area contributed by atoms with E-state index >= 15 is 0 Å². The maximum atomic E-state index is 6.99. The lowest BCUT2D eigenvalue weighted by Crippen LogP contribution is -2.01. The SMILES string of the molecule is c1ccc2cc3c(cc2c1)c1ccc2ccccc2c1n3-c1ccc2ccc3oc4c(-c5nc(-c6cccc7ccccc67)nc(-c6cccc7c6sc6ccccc67)n5)cccc4c3c2c1. The Kier molecular flexibility index (Phi) is 7.59. The van der Waals surface area contributed by atoms with E-state index in [0.717, 1.165) is 70.6 Å². The summed E-state index contributed by atoms with van der Waals surface area (Å²) in [7, 11) is 0. The van der Waals surface area contributed by atoms with Crippen LogP contribution in [0.25, 0.3) is 147 Å². The van der Waals surface area contributed by atoms with Crippen LogP contribution in [0.2, 0.25) is 0 Å². The fraction of sp³-hybridized carbons (Fsp3) is 0. The number of hydrogen-bond donors (Lipinski definition) is 0. The smallest absolute Gasteiger partial charge is 0.167 e. The first-order valence-corrected chi connectivity index (χ1v) is 23.4. The maximum Gasteiger partial charge on any atom is 0.167 e. The second-order valence-electron chi connectivity index (χ2n) is 17.5. The molecule has 0 aliphatic rings. The summed E-state index contributed by atoms with van der Waals surface area (Å²) in [5.41, 5.74) is 7.76. The number of furan rings is 1. The largest absolute Gasteiger partial charge is 0.455 e. The van der Waals surface area contributed by atoms with Gasteiger partial charge in [-0.1, -0.05) is 158 Å². The summed E-state index contributed by atoms with van der Waals surface area (Å²) >= 11 is 1.78. The standard InChI is InChI=1S/C61H34N4OS/c1-2-15-39-33-52-51(32-38(39)14-1)44-30-27-36-13-4-6-18-42(36)56(44)65(52)40-29-26-37-28-31-53-55(50(37)34-40)47-22-11-23-48(57(47)66-53)60-62-59(46-21-9-16-35-12-3-5-17-41(35)46)63-61(64-60)49-24-10-20-45-43-19-7-8-25-54(43)67-58(45)49/h1-34H. The summed E-state index contributed by atoms with van der Waals surface area (Å²) in [5, 5.41) is 16.3. The zero-order chi connectivity index (χ0) is 43.7. The average molecular weight is 871 g/mol. The van der Waals surface area contributed by atoms with Crippen molar-refractivity contribution in [3.63, 3.8) is 0 Å². The molecule has 0 atom stereocenters. The lowest BCUT2D eigenvalue weighted by Gasteiger charge is -2.12. The van der Waals surface area contributed by atoms with Gasteiger partial charge in [-0.05, 0) is 86.2 Å². The number of para-hydroxylation sites is 1. The predicted octanol–water partition coefficient (Wildman–Crippen LogP) is 16.8. The Morgan fingerprint density at radius 1 is 0.373 bits per heavy atom. The second-order valence-corrected chi connectivity index (χ2v) is 18.5. The maximum absolute atomic E-state index is 6.99. The normalized spacial score (nSPS) is 12.2. The molecule has 11 aromatic carbocycles. The van der Waals surface area contributed by atoms with Gasteiger partial charge in [0.2, 0.25) is 0 Å². The molecule has 0 amide bonds. The lowest BCUT2D eigenvalue weighted by atomic mass is 10.0. The Bertz CT molecular complexity index is 4590. The van der Waals surface area contributed by atoms with Crippen LogP contribution in [0, 0.1) is 0 Å². The Labute approximate surface area is 386 Å². The molecule has 67 heavy (non-hydrogen) atoms. The number of fused-ring (bicyclic) bond motifs is 15. The van der Waals surface area contributed by atoms with E-state index < -0.39 is 0 Å². The molecule has 5 nitrogen and oxygen atoms in total. The lowest BCUT2D eigenvalue weighted by molar-refractivity contribution is 0.670. The zero-order valence-corrected chi connectivity index (χ0v) is 36.6. The molecule has 15 rings (SSSR count). The van der Waals surface area contributed by atoms with Gasteiger partial charge in [0.15, 0.2) is 17.5 Å². The minimum Gasteiger partial charge on any atom is -0.455 e. The van der Waals surface area contributed by atoms with Gasteiger partial charge in [-0.3, -0.25) is 0 Å². The molecule has 0 N–H and O–H groups in total. The Hall–Kier alpha value is -8.71. The number of benzene rings is 11. The van der Waals surface area contributed by atoms with Crippen LogP contribution < -0.4 is 0 Å². The molecule has 15 aromatic rings. The summed E-state index contributed by atoms with van der Waals surface area (Å²) in [4.78, 5) is 16.0. The van der Waals surface area contributed by atoms with E-state index in [9.17, 15) is 0 Å². The molecule has 4 aromatic heterocycles. The molecule has 0 fully saturated rings. The molecule has 0 saturated carbocycles.